The Bertz CT molecular complexity index is 46.5. The van der Waals surface area contributed by atoms with E-state index in [0.717, 1.165) is 6.42 Å². The zero-order valence-electron chi connectivity index (χ0n) is 5.62. The predicted octanol–water partition coefficient (Wildman–Crippen LogP) is 0.637. The van der Waals surface area contributed by atoms with Crippen LogP contribution in [0.4, 0.5) is 0 Å². The van der Waals surface area contributed by atoms with E-state index in [1.165, 1.54) is 0 Å². The smallest absolute Gasteiger partial charge is 0.187 e. The van der Waals surface area contributed by atoms with Gasteiger partial charge in [-0.25, -0.2) is 0 Å². The van der Waals surface area contributed by atoms with Crippen LogP contribution in [0.2, 0.25) is 0 Å². The fraction of sp³-hybridized carbons (Fsp3) is 1.00. The first-order valence-corrected chi connectivity index (χ1v) is 2.67. The molecule has 0 spiro atoms. The molecule has 0 aliphatic carbocycles. The Hall–Kier alpha value is 0.492. The summed E-state index contributed by atoms with van der Waals surface area (Å²) in [5.41, 5.74) is 0.0833. The molecular formula is C6H17AlO. The van der Waals surface area contributed by atoms with Gasteiger partial charge in [-0.2, -0.15) is 0 Å². The van der Waals surface area contributed by atoms with Gasteiger partial charge in [-0.15, -0.1) is 0 Å². The lowest BCUT2D eigenvalue weighted by Crippen LogP contribution is -2.20. The summed E-state index contributed by atoms with van der Waals surface area (Å²) in [6.45, 7) is 6.27. The summed E-state index contributed by atoms with van der Waals surface area (Å²) in [5.74, 6) is 0. The molecule has 0 aromatic rings. The van der Waals surface area contributed by atoms with E-state index >= 15 is 0 Å². The highest BCUT2D eigenvalue weighted by atomic mass is 27.0. The summed E-state index contributed by atoms with van der Waals surface area (Å²) in [5, 5.41) is 0. The van der Waals surface area contributed by atoms with Crippen molar-refractivity contribution in [3.05, 3.63) is 0 Å². The van der Waals surface area contributed by atoms with Crippen LogP contribution < -0.4 is 0 Å². The van der Waals surface area contributed by atoms with Gasteiger partial charge >= 0.3 is 0 Å². The van der Waals surface area contributed by atoms with Crippen LogP contribution in [0.15, 0.2) is 0 Å². The van der Waals surface area contributed by atoms with Gasteiger partial charge in [0.05, 0.1) is 5.60 Å². The topological polar surface area (TPSA) is 9.23 Å². The molecule has 0 aromatic carbocycles. The van der Waals surface area contributed by atoms with Gasteiger partial charge in [-0.1, -0.05) is 6.92 Å². The van der Waals surface area contributed by atoms with Gasteiger partial charge in [0.2, 0.25) is 0 Å². The second-order valence-corrected chi connectivity index (χ2v) is 2.32. The number of hydrogen-bond acceptors (Lipinski definition) is 1. The Balaban J connectivity index is 0. The van der Waals surface area contributed by atoms with Gasteiger partial charge in [0.1, 0.15) is 0 Å². The summed E-state index contributed by atoms with van der Waals surface area (Å²) in [7, 11) is 1.74. The van der Waals surface area contributed by atoms with E-state index in [2.05, 4.69) is 20.8 Å². The highest BCUT2D eigenvalue weighted by molar-refractivity contribution is 5.75. The second-order valence-electron chi connectivity index (χ2n) is 2.32. The SMILES string of the molecule is CCC(C)(C)OC.[AlH3]. The molecule has 2 heteroatoms. The lowest BCUT2D eigenvalue weighted by atomic mass is 10.1. The van der Waals surface area contributed by atoms with E-state index in [-0.39, 0.29) is 23.0 Å². The van der Waals surface area contributed by atoms with Crippen LogP contribution in [0.3, 0.4) is 0 Å². The summed E-state index contributed by atoms with van der Waals surface area (Å²) in [6, 6.07) is 0. The fourth-order valence-electron chi connectivity index (χ4n) is 0.144. The Labute approximate surface area is 62.6 Å². The van der Waals surface area contributed by atoms with Crippen molar-refractivity contribution in [3.8, 4) is 0 Å². The average molecular weight is 132 g/mol. The highest BCUT2D eigenvalue weighted by Crippen LogP contribution is 2.10. The van der Waals surface area contributed by atoms with Crippen molar-refractivity contribution >= 4 is 17.4 Å². The minimum atomic E-state index is 0. The maximum Gasteiger partial charge on any atom is 0.187 e. The monoisotopic (exact) mass is 132 g/mol. The molecule has 50 valence electrons. The van der Waals surface area contributed by atoms with Crippen molar-refractivity contribution in [1.82, 2.24) is 0 Å². The van der Waals surface area contributed by atoms with Crippen molar-refractivity contribution in [2.24, 2.45) is 0 Å². The normalized spacial score (nSPS) is 10.5. The molecule has 0 saturated heterocycles. The molecule has 0 rings (SSSR count). The van der Waals surface area contributed by atoms with Gasteiger partial charge in [0.15, 0.2) is 17.4 Å². The second kappa shape index (κ2) is 4.38. The Morgan fingerprint density at radius 2 is 1.75 bits per heavy atom. The van der Waals surface area contributed by atoms with Crippen LogP contribution in [0, 0.1) is 0 Å². The van der Waals surface area contributed by atoms with Crippen LogP contribution in [0.1, 0.15) is 27.2 Å². The maximum atomic E-state index is 5.09. The Morgan fingerprint density at radius 3 is 1.75 bits per heavy atom. The van der Waals surface area contributed by atoms with Crippen molar-refractivity contribution < 1.29 is 4.74 Å². The molecule has 0 saturated carbocycles. The third-order valence-corrected chi connectivity index (χ3v) is 1.40. The number of methoxy groups -OCH3 is 1. The molecule has 0 aliphatic heterocycles. The number of ether oxygens (including phenoxy) is 1. The summed E-state index contributed by atoms with van der Waals surface area (Å²) < 4.78 is 5.09. The molecule has 0 aromatic heterocycles. The quantitative estimate of drug-likeness (QED) is 0.501. The average Bonchev–Trinajstić information content (AvgIpc) is 1.68. The molecule has 0 unspecified atom stereocenters. The molecule has 0 atom stereocenters. The van der Waals surface area contributed by atoms with E-state index in [4.69, 9.17) is 4.74 Å². The lowest BCUT2D eigenvalue weighted by molar-refractivity contribution is 0.0196. The summed E-state index contributed by atoms with van der Waals surface area (Å²) >= 11 is 0. The lowest BCUT2D eigenvalue weighted by Gasteiger charge is -2.19. The fourth-order valence-corrected chi connectivity index (χ4v) is 0.144. The zero-order chi connectivity index (χ0) is 5.91. The van der Waals surface area contributed by atoms with Crippen molar-refractivity contribution in [2.45, 2.75) is 32.8 Å². The van der Waals surface area contributed by atoms with Gasteiger partial charge in [-0.3, -0.25) is 0 Å². The van der Waals surface area contributed by atoms with Crippen LogP contribution in [0.25, 0.3) is 0 Å². The van der Waals surface area contributed by atoms with Gasteiger partial charge < -0.3 is 4.74 Å². The zero-order valence-corrected chi connectivity index (χ0v) is 5.62. The minimum Gasteiger partial charge on any atom is -0.379 e. The van der Waals surface area contributed by atoms with E-state index in [0.29, 0.717) is 0 Å². The molecule has 0 heterocycles. The first-order valence-electron chi connectivity index (χ1n) is 2.67. The molecule has 0 radical (unpaired) electrons. The molecule has 8 heavy (non-hydrogen) atoms. The minimum absolute atomic E-state index is 0. The molecular weight excluding hydrogens is 115 g/mol. The van der Waals surface area contributed by atoms with Gasteiger partial charge in [0, 0.05) is 7.11 Å². The maximum absolute atomic E-state index is 5.09. The molecule has 1 nitrogen and oxygen atoms in total. The first kappa shape index (κ1) is 11.3. The summed E-state index contributed by atoms with van der Waals surface area (Å²) in [4.78, 5) is 0. The Morgan fingerprint density at radius 1 is 1.38 bits per heavy atom. The summed E-state index contributed by atoms with van der Waals surface area (Å²) in [6.07, 6.45) is 1.07. The Kier molecular flexibility index (Phi) is 6.19. The van der Waals surface area contributed by atoms with Crippen LogP contribution in [-0.4, -0.2) is 30.1 Å². The van der Waals surface area contributed by atoms with E-state index < -0.39 is 0 Å². The molecule has 0 amide bonds. The van der Waals surface area contributed by atoms with Crippen LogP contribution in [-0.2, 0) is 4.74 Å². The van der Waals surface area contributed by atoms with Gasteiger partial charge in [0.25, 0.3) is 0 Å². The largest absolute Gasteiger partial charge is 0.379 e. The molecule has 0 N–H and O–H groups in total. The number of rotatable bonds is 2. The highest BCUT2D eigenvalue weighted by Gasteiger charge is 2.10. The molecule has 0 bridgehead atoms. The van der Waals surface area contributed by atoms with Gasteiger partial charge in [-0.05, 0) is 20.3 Å². The number of hydrogen-bond donors (Lipinski definition) is 0. The third-order valence-electron chi connectivity index (χ3n) is 1.40. The third kappa shape index (κ3) is 4.65. The van der Waals surface area contributed by atoms with Crippen LogP contribution >= 0.6 is 0 Å². The van der Waals surface area contributed by atoms with Crippen LogP contribution in [0.5, 0.6) is 0 Å². The van der Waals surface area contributed by atoms with Crippen molar-refractivity contribution in [2.75, 3.05) is 7.11 Å². The molecule has 0 aliphatic rings. The standard InChI is InChI=1S/C6H14O.Al.3H/c1-5-6(2,3)7-4;;;;/h5H2,1-4H3;;;;. The van der Waals surface area contributed by atoms with E-state index in [1.54, 1.807) is 7.11 Å². The first-order chi connectivity index (χ1) is 3.12. The van der Waals surface area contributed by atoms with Crippen molar-refractivity contribution in [3.63, 3.8) is 0 Å². The predicted molar refractivity (Wildman–Crippen MR) is 41.3 cm³/mol. The van der Waals surface area contributed by atoms with E-state index in [1.807, 2.05) is 0 Å². The van der Waals surface area contributed by atoms with E-state index in [9.17, 15) is 0 Å². The molecule has 0 fully saturated rings. The van der Waals surface area contributed by atoms with Crippen molar-refractivity contribution in [1.29, 1.82) is 0 Å².